The number of rotatable bonds is 3. The lowest BCUT2D eigenvalue weighted by Gasteiger charge is -2.06. The Hall–Kier alpha value is -2.67. The second kappa shape index (κ2) is 6.45. The topological polar surface area (TPSA) is 33.1 Å². The fraction of sp³-hybridized carbons (Fsp3) is 0.0588. The Morgan fingerprint density at radius 1 is 1.04 bits per heavy atom. The number of H-pyrrole nitrogens is 1. The summed E-state index contributed by atoms with van der Waals surface area (Å²) in [7, 11) is 0. The Balaban J connectivity index is 1.88. The van der Waals surface area contributed by atoms with E-state index < -0.39 is 11.7 Å². The maximum absolute atomic E-state index is 12.7. The number of alkyl halides is 3. The summed E-state index contributed by atoms with van der Waals surface area (Å²) in [5, 5.41) is 4.13. The molecule has 0 fully saturated rings. The Morgan fingerprint density at radius 3 is 2.50 bits per heavy atom. The molecule has 0 aliphatic rings. The van der Waals surface area contributed by atoms with Crippen molar-refractivity contribution >= 4 is 18.4 Å². The van der Waals surface area contributed by atoms with Crippen LogP contribution in [0.5, 0.6) is 0 Å². The third kappa shape index (κ3) is 3.62. The number of aromatic nitrogens is 2. The molecule has 0 bridgehead atoms. The van der Waals surface area contributed by atoms with Gasteiger partial charge in [0.15, 0.2) is 4.77 Å². The molecule has 0 aliphatic heterocycles. The van der Waals surface area contributed by atoms with Crippen LogP contribution in [0, 0.1) is 4.77 Å². The van der Waals surface area contributed by atoms with Crippen molar-refractivity contribution in [1.82, 2.24) is 9.66 Å². The van der Waals surface area contributed by atoms with Crippen molar-refractivity contribution in [2.24, 2.45) is 5.10 Å². The number of hydrogen-bond acceptors (Lipinski definition) is 2. The number of nitrogens with zero attached hydrogens (tertiary/aromatic N) is 2. The van der Waals surface area contributed by atoms with Crippen LogP contribution in [-0.2, 0) is 6.18 Å². The first-order valence-corrected chi connectivity index (χ1v) is 7.43. The molecule has 0 unspecified atom stereocenters. The van der Waals surface area contributed by atoms with Gasteiger partial charge in [0.2, 0.25) is 0 Å². The maximum Gasteiger partial charge on any atom is 0.416 e. The lowest BCUT2D eigenvalue weighted by atomic mass is 10.1. The van der Waals surface area contributed by atoms with Gasteiger partial charge in [-0.2, -0.15) is 18.3 Å². The average molecular weight is 347 g/mol. The first-order valence-electron chi connectivity index (χ1n) is 7.02. The molecule has 2 aromatic carbocycles. The van der Waals surface area contributed by atoms with Crippen molar-refractivity contribution in [1.29, 1.82) is 0 Å². The second-order valence-corrected chi connectivity index (χ2v) is 5.44. The van der Waals surface area contributed by atoms with Crippen molar-refractivity contribution in [3.8, 4) is 11.3 Å². The van der Waals surface area contributed by atoms with Crippen LogP contribution in [0.25, 0.3) is 11.3 Å². The van der Waals surface area contributed by atoms with E-state index in [0.717, 1.165) is 23.4 Å². The highest BCUT2D eigenvalue weighted by molar-refractivity contribution is 7.71. The molecule has 0 amide bonds. The van der Waals surface area contributed by atoms with E-state index in [1.54, 1.807) is 12.3 Å². The number of benzene rings is 2. The highest BCUT2D eigenvalue weighted by Crippen LogP contribution is 2.29. The molecule has 0 spiro atoms. The SMILES string of the molecule is FC(F)(F)c1cccc(/C=N\n2cc(-c3ccccc3)[nH]c2=S)c1. The molecule has 1 aromatic heterocycles. The fourth-order valence-electron chi connectivity index (χ4n) is 2.16. The van der Waals surface area contributed by atoms with Gasteiger partial charge in [0.05, 0.1) is 23.7 Å². The summed E-state index contributed by atoms with van der Waals surface area (Å²) in [6.45, 7) is 0. The quantitative estimate of drug-likeness (QED) is 0.518. The number of halogens is 3. The summed E-state index contributed by atoms with van der Waals surface area (Å²) >= 11 is 5.19. The van der Waals surface area contributed by atoms with Crippen molar-refractivity contribution in [3.63, 3.8) is 0 Å². The van der Waals surface area contributed by atoms with E-state index in [2.05, 4.69) is 10.1 Å². The van der Waals surface area contributed by atoms with Gasteiger partial charge >= 0.3 is 6.18 Å². The van der Waals surface area contributed by atoms with Crippen LogP contribution in [0.3, 0.4) is 0 Å². The minimum absolute atomic E-state index is 0.342. The molecule has 3 rings (SSSR count). The molecule has 0 aliphatic carbocycles. The smallest absolute Gasteiger partial charge is 0.329 e. The molecular formula is C17H12F3N3S. The van der Waals surface area contributed by atoms with Crippen LogP contribution >= 0.6 is 12.2 Å². The van der Waals surface area contributed by atoms with E-state index in [1.165, 1.54) is 17.0 Å². The average Bonchev–Trinajstić information content (AvgIpc) is 2.94. The molecule has 7 heteroatoms. The summed E-state index contributed by atoms with van der Waals surface area (Å²) in [6, 6.07) is 14.5. The number of nitrogens with one attached hydrogen (secondary N) is 1. The lowest BCUT2D eigenvalue weighted by molar-refractivity contribution is -0.137. The largest absolute Gasteiger partial charge is 0.416 e. The molecule has 122 valence electrons. The van der Waals surface area contributed by atoms with E-state index in [9.17, 15) is 13.2 Å². The van der Waals surface area contributed by atoms with Gasteiger partial charge < -0.3 is 4.98 Å². The van der Waals surface area contributed by atoms with Gasteiger partial charge in [-0.05, 0) is 35.5 Å². The standard InChI is InChI=1S/C17H12F3N3S/c18-17(19,20)14-8-4-5-12(9-14)10-21-23-11-15(22-16(23)24)13-6-2-1-3-7-13/h1-11H,(H,22,24)/b21-10-. The van der Waals surface area contributed by atoms with Crippen LogP contribution in [-0.4, -0.2) is 15.9 Å². The molecule has 0 atom stereocenters. The number of aromatic amines is 1. The second-order valence-electron chi connectivity index (χ2n) is 5.05. The van der Waals surface area contributed by atoms with Crippen LogP contribution in [0.15, 0.2) is 65.9 Å². The Morgan fingerprint density at radius 2 is 1.79 bits per heavy atom. The van der Waals surface area contributed by atoms with Crippen LogP contribution in [0.2, 0.25) is 0 Å². The van der Waals surface area contributed by atoms with E-state index in [-0.39, 0.29) is 0 Å². The molecule has 3 nitrogen and oxygen atoms in total. The minimum atomic E-state index is -4.38. The zero-order valence-electron chi connectivity index (χ0n) is 12.3. The normalized spacial score (nSPS) is 12.0. The van der Waals surface area contributed by atoms with Crippen molar-refractivity contribution in [3.05, 3.63) is 76.7 Å². The molecule has 1 heterocycles. The van der Waals surface area contributed by atoms with Crippen LogP contribution in [0.1, 0.15) is 11.1 Å². The molecule has 0 radical (unpaired) electrons. The van der Waals surface area contributed by atoms with Crippen LogP contribution < -0.4 is 0 Å². The van der Waals surface area contributed by atoms with Gasteiger partial charge in [0.1, 0.15) is 0 Å². The number of hydrogen-bond donors (Lipinski definition) is 1. The molecular weight excluding hydrogens is 335 g/mol. The maximum atomic E-state index is 12.7. The third-order valence-corrected chi connectivity index (χ3v) is 3.62. The summed E-state index contributed by atoms with van der Waals surface area (Å²) in [5.41, 5.74) is 1.35. The van der Waals surface area contributed by atoms with Gasteiger partial charge in [-0.3, -0.25) is 0 Å². The molecule has 1 N–H and O–H groups in total. The Kier molecular flexibility index (Phi) is 4.35. The first-order chi connectivity index (χ1) is 11.4. The van der Waals surface area contributed by atoms with Crippen molar-refractivity contribution < 1.29 is 13.2 Å². The van der Waals surface area contributed by atoms with Gasteiger partial charge in [-0.1, -0.05) is 42.5 Å². The highest BCUT2D eigenvalue weighted by Gasteiger charge is 2.30. The number of imidazole rings is 1. The van der Waals surface area contributed by atoms with Gasteiger partial charge in [0, 0.05) is 0 Å². The first kappa shape index (κ1) is 16.2. The third-order valence-electron chi connectivity index (χ3n) is 3.33. The van der Waals surface area contributed by atoms with Crippen molar-refractivity contribution in [2.45, 2.75) is 6.18 Å². The lowest BCUT2D eigenvalue weighted by Crippen LogP contribution is -2.05. The minimum Gasteiger partial charge on any atom is -0.329 e. The van der Waals surface area contributed by atoms with Gasteiger partial charge in [0.25, 0.3) is 0 Å². The summed E-state index contributed by atoms with van der Waals surface area (Å²) in [4.78, 5) is 3.02. The zero-order valence-corrected chi connectivity index (χ0v) is 13.1. The van der Waals surface area contributed by atoms with Crippen LogP contribution in [0.4, 0.5) is 13.2 Å². The molecule has 0 saturated heterocycles. The van der Waals surface area contributed by atoms with E-state index in [4.69, 9.17) is 12.2 Å². The summed E-state index contributed by atoms with van der Waals surface area (Å²) in [5.74, 6) is 0. The predicted octanol–water partition coefficient (Wildman–Crippen LogP) is 5.11. The molecule has 3 aromatic rings. The fourth-order valence-corrected chi connectivity index (χ4v) is 2.37. The van der Waals surface area contributed by atoms with Gasteiger partial charge in [-0.15, -0.1) is 0 Å². The molecule has 24 heavy (non-hydrogen) atoms. The summed E-state index contributed by atoms with van der Waals surface area (Å²) in [6.07, 6.45) is -1.34. The van der Waals surface area contributed by atoms with E-state index >= 15 is 0 Å². The van der Waals surface area contributed by atoms with E-state index in [0.29, 0.717) is 10.3 Å². The summed E-state index contributed by atoms with van der Waals surface area (Å²) < 4.78 is 39.9. The monoisotopic (exact) mass is 347 g/mol. The van der Waals surface area contributed by atoms with Crippen molar-refractivity contribution in [2.75, 3.05) is 0 Å². The highest BCUT2D eigenvalue weighted by atomic mass is 32.1. The predicted molar refractivity (Wildman–Crippen MR) is 89.5 cm³/mol. The Bertz CT molecular complexity index is 924. The molecule has 0 saturated carbocycles. The van der Waals surface area contributed by atoms with E-state index in [1.807, 2.05) is 30.3 Å². The van der Waals surface area contributed by atoms with Gasteiger partial charge in [-0.25, -0.2) is 4.68 Å². The zero-order chi connectivity index (χ0) is 17.2. The Labute approximate surface area is 141 Å².